The zero-order valence-corrected chi connectivity index (χ0v) is 23.5. The lowest BCUT2D eigenvalue weighted by Crippen LogP contribution is -2.53. The predicted molar refractivity (Wildman–Crippen MR) is 151 cm³/mol. The highest BCUT2D eigenvalue weighted by atomic mass is 35.5. The minimum atomic E-state index is -3.25. The van der Waals surface area contributed by atoms with E-state index in [1.54, 1.807) is 17.0 Å². The van der Waals surface area contributed by atoms with Crippen molar-refractivity contribution in [2.45, 2.75) is 19.4 Å². The van der Waals surface area contributed by atoms with E-state index in [0.717, 1.165) is 23.5 Å². The molecule has 0 spiro atoms. The van der Waals surface area contributed by atoms with Crippen molar-refractivity contribution in [3.8, 4) is 11.5 Å². The quantitative estimate of drug-likeness (QED) is 0.458. The summed E-state index contributed by atoms with van der Waals surface area (Å²) in [4.78, 5) is 26.0. The second-order valence-electron chi connectivity index (χ2n) is 9.73. The number of sulfonamides is 1. The van der Waals surface area contributed by atoms with Crippen LogP contribution in [-0.2, 0) is 14.8 Å². The maximum Gasteiger partial charge on any atom is 0.242 e. The highest BCUT2D eigenvalue weighted by Gasteiger charge is 2.31. The SMILES string of the molecule is Cc1ncc2c(n1)N(CC(=O)N1CCN(S(C)(=O)=O)CC1)CCC2Nc1cccc(Oc2cccc(Cl)c2)c1. The summed E-state index contributed by atoms with van der Waals surface area (Å²) in [6.45, 7) is 4.04. The number of hydrogen-bond acceptors (Lipinski definition) is 8. The Labute approximate surface area is 233 Å². The molecule has 39 heavy (non-hydrogen) atoms. The second-order valence-corrected chi connectivity index (χ2v) is 12.2. The van der Waals surface area contributed by atoms with Gasteiger partial charge in [0.2, 0.25) is 15.9 Å². The fraction of sp³-hybridized carbons (Fsp3) is 0.370. The van der Waals surface area contributed by atoms with Gasteiger partial charge in [0.25, 0.3) is 0 Å². The van der Waals surface area contributed by atoms with Crippen LogP contribution in [-0.4, -0.2) is 79.0 Å². The van der Waals surface area contributed by atoms with Gasteiger partial charge < -0.3 is 19.9 Å². The van der Waals surface area contributed by atoms with Crippen molar-refractivity contribution in [1.82, 2.24) is 19.2 Å². The van der Waals surface area contributed by atoms with Crippen molar-refractivity contribution >= 4 is 39.0 Å². The first-order chi connectivity index (χ1) is 18.7. The molecule has 5 rings (SSSR count). The van der Waals surface area contributed by atoms with Gasteiger partial charge in [-0.05, 0) is 43.7 Å². The lowest BCUT2D eigenvalue weighted by atomic mass is 10.00. The number of amides is 1. The number of carbonyl (C=O) groups excluding carboxylic acids is 1. The molecule has 1 amide bonds. The van der Waals surface area contributed by atoms with Crippen LogP contribution in [0.4, 0.5) is 11.5 Å². The van der Waals surface area contributed by atoms with Gasteiger partial charge in [0.05, 0.1) is 18.8 Å². The average Bonchev–Trinajstić information content (AvgIpc) is 2.90. The van der Waals surface area contributed by atoms with Crippen molar-refractivity contribution in [2.24, 2.45) is 0 Å². The molecular formula is C27H31ClN6O4S. The number of hydrogen-bond donors (Lipinski definition) is 1. The summed E-state index contributed by atoms with van der Waals surface area (Å²) in [7, 11) is -3.25. The van der Waals surface area contributed by atoms with Crippen LogP contribution in [0, 0.1) is 6.92 Å². The monoisotopic (exact) mass is 570 g/mol. The van der Waals surface area contributed by atoms with Gasteiger partial charge in [0.15, 0.2) is 0 Å². The van der Waals surface area contributed by atoms with Crippen LogP contribution in [0.5, 0.6) is 11.5 Å². The maximum atomic E-state index is 13.1. The van der Waals surface area contributed by atoms with Crippen LogP contribution in [0.15, 0.2) is 54.7 Å². The first-order valence-corrected chi connectivity index (χ1v) is 15.0. The molecule has 1 saturated heterocycles. The Morgan fingerprint density at radius 1 is 1.08 bits per heavy atom. The van der Waals surface area contributed by atoms with Crippen LogP contribution in [0.3, 0.4) is 0 Å². The van der Waals surface area contributed by atoms with Crippen LogP contribution < -0.4 is 15.0 Å². The molecule has 10 nitrogen and oxygen atoms in total. The molecule has 3 aromatic rings. The fourth-order valence-corrected chi connectivity index (χ4v) is 5.87. The highest BCUT2D eigenvalue weighted by Crippen LogP contribution is 2.35. The minimum Gasteiger partial charge on any atom is -0.457 e. The number of benzene rings is 2. The number of piperazine rings is 1. The van der Waals surface area contributed by atoms with Crippen molar-refractivity contribution in [1.29, 1.82) is 0 Å². The number of halogens is 1. The van der Waals surface area contributed by atoms with Gasteiger partial charge in [-0.3, -0.25) is 4.79 Å². The van der Waals surface area contributed by atoms with E-state index in [1.807, 2.05) is 54.4 Å². The topological polar surface area (TPSA) is 108 Å². The normalized spacial score (nSPS) is 18.0. The number of aromatic nitrogens is 2. The van der Waals surface area contributed by atoms with E-state index in [1.165, 1.54) is 10.6 Å². The molecule has 0 bridgehead atoms. The van der Waals surface area contributed by atoms with Crippen molar-refractivity contribution in [2.75, 3.05) is 55.7 Å². The van der Waals surface area contributed by atoms with Gasteiger partial charge in [-0.15, -0.1) is 0 Å². The zero-order valence-electron chi connectivity index (χ0n) is 21.9. The van der Waals surface area contributed by atoms with E-state index in [4.69, 9.17) is 21.3 Å². The molecule has 0 aliphatic carbocycles. The van der Waals surface area contributed by atoms with E-state index >= 15 is 0 Å². The number of carbonyl (C=O) groups is 1. The smallest absolute Gasteiger partial charge is 0.242 e. The third kappa shape index (κ3) is 6.60. The zero-order chi connectivity index (χ0) is 27.6. The van der Waals surface area contributed by atoms with Gasteiger partial charge in [0.1, 0.15) is 23.1 Å². The van der Waals surface area contributed by atoms with Gasteiger partial charge in [0, 0.05) is 61.3 Å². The van der Waals surface area contributed by atoms with Crippen LogP contribution >= 0.6 is 11.6 Å². The van der Waals surface area contributed by atoms with Crippen LogP contribution in [0.1, 0.15) is 23.9 Å². The summed E-state index contributed by atoms with van der Waals surface area (Å²) in [5, 5.41) is 4.19. The van der Waals surface area contributed by atoms with Crippen LogP contribution in [0.25, 0.3) is 0 Å². The Kier molecular flexibility index (Phi) is 7.92. The van der Waals surface area contributed by atoms with E-state index in [2.05, 4.69) is 10.3 Å². The predicted octanol–water partition coefficient (Wildman–Crippen LogP) is 3.70. The van der Waals surface area contributed by atoms with E-state index < -0.39 is 10.0 Å². The lowest BCUT2D eigenvalue weighted by molar-refractivity contribution is -0.130. The van der Waals surface area contributed by atoms with Gasteiger partial charge in [-0.25, -0.2) is 18.4 Å². The Bertz CT molecular complexity index is 1460. The van der Waals surface area contributed by atoms with Gasteiger partial charge in [-0.2, -0.15) is 4.31 Å². The molecule has 1 unspecified atom stereocenters. The molecular weight excluding hydrogens is 540 g/mol. The van der Waals surface area contributed by atoms with Crippen molar-refractivity contribution < 1.29 is 17.9 Å². The summed E-state index contributed by atoms with van der Waals surface area (Å²) in [6, 6.07) is 14.9. The number of aryl methyl sites for hydroxylation is 1. The summed E-state index contributed by atoms with van der Waals surface area (Å²) in [5.74, 6) is 2.67. The van der Waals surface area contributed by atoms with E-state index in [0.29, 0.717) is 55.1 Å². The summed E-state index contributed by atoms with van der Waals surface area (Å²) in [6.07, 6.45) is 3.77. The fourth-order valence-electron chi connectivity index (χ4n) is 4.87. The summed E-state index contributed by atoms with van der Waals surface area (Å²) < 4.78 is 31.0. The molecule has 1 N–H and O–H groups in total. The second kappa shape index (κ2) is 11.4. The molecule has 2 aromatic carbocycles. The Morgan fingerprint density at radius 2 is 1.79 bits per heavy atom. The molecule has 1 atom stereocenters. The van der Waals surface area contributed by atoms with E-state index in [-0.39, 0.29) is 18.5 Å². The summed E-state index contributed by atoms with van der Waals surface area (Å²) in [5.41, 5.74) is 1.81. The number of ether oxygens (including phenoxy) is 1. The van der Waals surface area contributed by atoms with Crippen LogP contribution in [0.2, 0.25) is 5.02 Å². The average molecular weight is 571 g/mol. The molecule has 1 aromatic heterocycles. The molecule has 0 saturated carbocycles. The molecule has 3 heterocycles. The molecule has 206 valence electrons. The number of fused-ring (bicyclic) bond motifs is 1. The Balaban J connectivity index is 1.27. The Morgan fingerprint density at radius 3 is 2.51 bits per heavy atom. The number of nitrogens with zero attached hydrogens (tertiary/aromatic N) is 5. The van der Waals surface area contributed by atoms with E-state index in [9.17, 15) is 13.2 Å². The lowest BCUT2D eigenvalue weighted by Gasteiger charge is -2.37. The molecule has 12 heteroatoms. The highest BCUT2D eigenvalue weighted by molar-refractivity contribution is 7.88. The number of rotatable bonds is 7. The number of nitrogens with one attached hydrogen (secondary N) is 1. The number of anilines is 2. The first-order valence-electron chi connectivity index (χ1n) is 12.8. The standard InChI is InChI=1S/C27H31ClN6O4S/c1-19-29-17-24-25(31-21-6-4-8-23(16-21)38-22-7-3-5-20(28)15-22)9-10-33(27(24)30-19)18-26(35)32-11-13-34(14-12-32)39(2,36)37/h3-8,15-17,25,31H,9-14,18H2,1-2H3. The molecule has 1 fully saturated rings. The molecule has 2 aliphatic heterocycles. The van der Waals surface area contributed by atoms with Gasteiger partial charge >= 0.3 is 0 Å². The first kappa shape index (κ1) is 27.2. The Hall–Kier alpha value is -3.41. The third-order valence-corrected chi connectivity index (χ3v) is 8.41. The van der Waals surface area contributed by atoms with Gasteiger partial charge in [-0.1, -0.05) is 23.7 Å². The maximum absolute atomic E-state index is 13.1. The molecule has 0 radical (unpaired) electrons. The molecule has 2 aliphatic rings. The minimum absolute atomic E-state index is 0.0392. The third-order valence-electron chi connectivity index (χ3n) is 6.87. The summed E-state index contributed by atoms with van der Waals surface area (Å²) >= 11 is 6.08. The largest absolute Gasteiger partial charge is 0.457 e. The van der Waals surface area contributed by atoms with Crippen molar-refractivity contribution in [3.05, 3.63) is 71.1 Å². The van der Waals surface area contributed by atoms with Crippen molar-refractivity contribution in [3.63, 3.8) is 0 Å².